The van der Waals surface area contributed by atoms with Gasteiger partial charge in [0.05, 0.1) is 12.2 Å². The quantitative estimate of drug-likeness (QED) is 0.529. The van der Waals surface area contributed by atoms with Crippen molar-refractivity contribution in [1.82, 2.24) is 0 Å². The number of anilines is 1. The zero-order chi connectivity index (χ0) is 12.1. The van der Waals surface area contributed by atoms with E-state index in [-0.39, 0.29) is 17.9 Å². The van der Waals surface area contributed by atoms with Crippen molar-refractivity contribution in [3.8, 4) is 0 Å². The average Bonchev–Trinajstić information content (AvgIpc) is 2.28. The van der Waals surface area contributed by atoms with Gasteiger partial charge in [0.15, 0.2) is 0 Å². The molecule has 16 heavy (non-hydrogen) atoms. The van der Waals surface area contributed by atoms with Crippen LogP contribution >= 0.6 is 11.6 Å². The third-order valence-electron chi connectivity index (χ3n) is 1.85. The molecule has 0 bridgehead atoms. The highest BCUT2D eigenvalue weighted by molar-refractivity contribution is 6.31. The number of aliphatic hydroxyl groups is 2. The number of ether oxygens (including phenoxy) is 1. The van der Waals surface area contributed by atoms with Gasteiger partial charge in [-0.1, -0.05) is 11.6 Å². The largest absolute Gasteiger partial charge is 0.459 e. The Morgan fingerprint density at radius 1 is 1.56 bits per heavy atom. The van der Waals surface area contributed by atoms with Crippen LogP contribution in [0.3, 0.4) is 0 Å². The van der Waals surface area contributed by atoms with Crippen molar-refractivity contribution in [1.29, 1.82) is 0 Å². The third-order valence-corrected chi connectivity index (χ3v) is 2.09. The van der Waals surface area contributed by atoms with Crippen molar-refractivity contribution in [2.24, 2.45) is 0 Å². The van der Waals surface area contributed by atoms with Gasteiger partial charge in [-0.2, -0.15) is 0 Å². The van der Waals surface area contributed by atoms with Gasteiger partial charge in [0.2, 0.25) is 0 Å². The normalized spacial score (nSPS) is 12.2. The Morgan fingerprint density at radius 3 is 2.88 bits per heavy atom. The second-order valence-electron chi connectivity index (χ2n) is 3.17. The van der Waals surface area contributed by atoms with E-state index in [1.54, 1.807) is 6.07 Å². The zero-order valence-corrected chi connectivity index (χ0v) is 9.15. The number of carbonyl (C=O) groups is 1. The number of esters is 1. The van der Waals surface area contributed by atoms with E-state index in [1.165, 1.54) is 12.1 Å². The molecule has 0 aromatic heterocycles. The summed E-state index contributed by atoms with van der Waals surface area (Å²) in [5, 5.41) is 17.9. The summed E-state index contributed by atoms with van der Waals surface area (Å²) in [6, 6.07) is 4.42. The minimum atomic E-state index is -1.09. The topological polar surface area (TPSA) is 92.8 Å². The number of benzene rings is 1. The van der Waals surface area contributed by atoms with E-state index in [2.05, 4.69) is 0 Å². The molecular formula is C10H12ClNO4. The van der Waals surface area contributed by atoms with Crippen LogP contribution in [-0.4, -0.2) is 35.5 Å². The molecule has 0 aliphatic carbocycles. The summed E-state index contributed by atoms with van der Waals surface area (Å²) in [6.07, 6.45) is -1.09. The molecule has 1 rings (SSSR count). The molecule has 5 nitrogen and oxygen atoms in total. The van der Waals surface area contributed by atoms with Crippen LogP contribution in [0.2, 0.25) is 5.02 Å². The number of hydrogen-bond donors (Lipinski definition) is 3. The van der Waals surface area contributed by atoms with E-state index in [4.69, 9.17) is 32.3 Å². The number of nitrogens with two attached hydrogens (primary N) is 1. The van der Waals surface area contributed by atoms with Crippen LogP contribution < -0.4 is 5.73 Å². The first kappa shape index (κ1) is 12.8. The molecule has 1 atom stereocenters. The molecule has 88 valence electrons. The molecule has 0 amide bonds. The lowest BCUT2D eigenvalue weighted by atomic mass is 10.2. The number of hydrogen-bond acceptors (Lipinski definition) is 5. The predicted molar refractivity (Wildman–Crippen MR) is 59.2 cm³/mol. The molecule has 1 aromatic rings. The predicted octanol–water partition coefficient (Wildman–Crippen LogP) is 0.432. The molecule has 4 N–H and O–H groups in total. The first-order valence-corrected chi connectivity index (χ1v) is 4.93. The lowest BCUT2D eigenvalue weighted by Gasteiger charge is -2.09. The fourth-order valence-electron chi connectivity index (χ4n) is 1.01. The molecule has 0 aliphatic heterocycles. The molecule has 0 saturated carbocycles. The maximum atomic E-state index is 11.5. The Bertz CT molecular complexity index is 383. The van der Waals surface area contributed by atoms with Crippen LogP contribution in [0.1, 0.15) is 10.4 Å². The summed E-state index contributed by atoms with van der Waals surface area (Å²) in [4.78, 5) is 11.5. The highest BCUT2D eigenvalue weighted by Gasteiger charge is 2.13. The van der Waals surface area contributed by atoms with E-state index in [9.17, 15) is 4.79 Å². The van der Waals surface area contributed by atoms with Crippen molar-refractivity contribution in [2.45, 2.75) is 6.10 Å². The molecule has 1 aromatic carbocycles. The van der Waals surface area contributed by atoms with E-state index < -0.39 is 18.7 Å². The van der Waals surface area contributed by atoms with Gasteiger partial charge in [0, 0.05) is 10.7 Å². The molecule has 0 radical (unpaired) electrons. The van der Waals surface area contributed by atoms with Crippen LogP contribution in [0.15, 0.2) is 18.2 Å². The third kappa shape index (κ3) is 3.37. The van der Waals surface area contributed by atoms with Crippen molar-refractivity contribution in [3.63, 3.8) is 0 Å². The van der Waals surface area contributed by atoms with Crippen LogP contribution in [0, 0.1) is 0 Å². The Hall–Kier alpha value is -1.30. The molecule has 0 saturated heterocycles. The maximum absolute atomic E-state index is 11.5. The Morgan fingerprint density at radius 2 is 2.25 bits per heavy atom. The number of aliphatic hydroxyl groups excluding tert-OH is 2. The van der Waals surface area contributed by atoms with Gasteiger partial charge in [-0.05, 0) is 18.2 Å². The molecule has 0 spiro atoms. The number of nitrogen functional groups attached to an aromatic ring is 1. The maximum Gasteiger partial charge on any atom is 0.340 e. The Labute approximate surface area is 97.4 Å². The second-order valence-corrected chi connectivity index (χ2v) is 3.60. The summed E-state index contributed by atoms with van der Waals surface area (Å²) in [7, 11) is 0. The average molecular weight is 246 g/mol. The number of rotatable bonds is 4. The van der Waals surface area contributed by atoms with Crippen LogP contribution in [0.25, 0.3) is 0 Å². The van der Waals surface area contributed by atoms with Crippen LogP contribution in [-0.2, 0) is 4.74 Å². The summed E-state index contributed by atoms with van der Waals surface area (Å²) < 4.78 is 4.73. The van der Waals surface area contributed by atoms with Gasteiger partial charge in [0.1, 0.15) is 12.7 Å². The smallest absolute Gasteiger partial charge is 0.340 e. The van der Waals surface area contributed by atoms with Crippen molar-refractivity contribution >= 4 is 23.3 Å². The monoisotopic (exact) mass is 245 g/mol. The van der Waals surface area contributed by atoms with Gasteiger partial charge < -0.3 is 20.7 Å². The van der Waals surface area contributed by atoms with Gasteiger partial charge in [-0.3, -0.25) is 0 Å². The Balaban J connectivity index is 2.69. The molecule has 1 unspecified atom stereocenters. The zero-order valence-electron chi connectivity index (χ0n) is 8.39. The number of carbonyl (C=O) groups excluding carboxylic acids is 1. The van der Waals surface area contributed by atoms with Gasteiger partial charge in [0.25, 0.3) is 0 Å². The lowest BCUT2D eigenvalue weighted by molar-refractivity contribution is 0.00941. The summed E-state index contributed by atoms with van der Waals surface area (Å²) >= 11 is 5.70. The summed E-state index contributed by atoms with van der Waals surface area (Å²) in [6.45, 7) is -0.764. The molecular weight excluding hydrogens is 234 g/mol. The standard InChI is InChI=1S/C10H12ClNO4/c11-6-1-2-9(12)8(3-6)10(15)16-5-7(14)4-13/h1-3,7,13-14H,4-5,12H2. The second kappa shape index (κ2) is 5.69. The first-order chi connectivity index (χ1) is 7.54. The summed E-state index contributed by atoms with van der Waals surface area (Å²) in [5.41, 5.74) is 5.94. The molecule has 0 aliphatic rings. The minimum absolute atomic E-state index is 0.137. The summed E-state index contributed by atoms with van der Waals surface area (Å²) in [5.74, 6) is -0.687. The lowest BCUT2D eigenvalue weighted by Crippen LogP contribution is -2.22. The van der Waals surface area contributed by atoms with Crippen LogP contribution in [0.4, 0.5) is 5.69 Å². The van der Waals surface area contributed by atoms with E-state index in [1.807, 2.05) is 0 Å². The van der Waals surface area contributed by atoms with Gasteiger partial charge in [-0.15, -0.1) is 0 Å². The minimum Gasteiger partial charge on any atom is -0.459 e. The fourth-order valence-corrected chi connectivity index (χ4v) is 1.18. The fraction of sp³-hybridized carbons (Fsp3) is 0.300. The highest BCUT2D eigenvalue weighted by Crippen LogP contribution is 2.18. The van der Waals surface area contributed by atoms with Crippen molar-refractivity contribution < 1.29 is 19.7 Å². The molecule has 0 heterocycles. The first-order valence-electron chi connectivity index (χ1n) is 4.55. The van der Waals surface area contributed by atoms with Crippen LogP contribution in [0.5, 0.6) is 0 Å². The van der Waals surface area contributed by atoms with E-state index in [0.29, 0.717) is 5.02 Å². The van der Waals surface area contributed by atoms with E-state index >= 15 is 0 Å². The van der Waals surface area contributed by atoms with Gasteiger partial charge in [-0.25, -0.2) is 4.79 Å². The highest BCUT2D eigenvalue weighted by atomic mass is 35.5. The Kier molecular flexibility index (Phi) is 4.54. The van der Waals surface area contributed by atoms with Crippen molar-refractivity contribution in [3.05, 3.63) is 28.8 Å². The SMILES string of the molecule is Nc1ccc(Cl)cc1C(=O)OCC(O)CO. The molecule has 0 fully saturated rings. The molecule has 6 heteroatoms. The number of halogens is 1. The van der Waals surface area contributed by atoms with E-state index in [0.717, 1.165) is 0 Å². The van der Waals surface area contributed by atoms with Crippen molar-refractivity contribution in [2.75, 3.05) is 18.9 Å². The van der Waals surface area contributed by atoms with Gasteiger partial charge >= 0.3 is 5.97 Å².